The molecular formula is C20H21N5O2. The summed E-state index contributed by atoms with van der Waals surface area (Å²) in [6.45, 7) is 0.665. The summed E-state index contributed by atoms with van der Waals surface area (Å²) >= 11 is 0. The van der Waals surface area contributed by atoms with E-state index < -0.39 is 0 Å². The molecule has 3 heterocycles. The van der Waals surface area contributed by atoms with Crippen LogP contribution in [0.3, 0.4) is 0 Å². The molecule has 1 amide bonds. The number of benzene rings is 1. The number of ether oxygens (including phenoxy) is 1. The Kier molecular flexibility index (Phi) is 4.82. The van der Waals surface area contributed by atoms with Gasteiger partial charge in [0.05, 0.1) is 7.11 Å². The fourth-order valence-corrected chi connectivity index (χ4v) is 3.40. The maximum Gasteiger partial charge on any atom is 0.257 e. The predicted molar refractivity (Wildman–Crippen MR) is 99.6 cm³/mol. The van der Waals surface area contributed by atoms with Crippen molar-refractivity contribution in [1.82, 2.24) is 25.1 Å². The third-order valence-corrected chi connectivity index (χ3v) is 4.77. The molecule has 2 aromatic heterocycles. The van der Waals surface area contributed by atoms with Crippen molar-refractivity contribution in [3.63, 3.8) is 0 Å². The lowest BCUT2D eigenvalue weighted by Crippen LogP contribution is -2.41. The Bertz CT molecular complexity index is 939. The van der Waals surface area contributed by atoms with Gasteiger partial charge in [-0.1, -0.05) is 30.3 Å². The highest BCUT2D eigenvalue weighted by atomic mass is 16.5. The highest BCUT2D eigenvalue weighted by molar-refractivity contribution is 5.96. The molecule has 1 atom stereocenters. The summed E-state index contributed by atoms with van der Waals surface area (Å²) in [4.78, 5) is 16.7. The molecule has 1 N–H and O–H groups in total. The van der Waals surface area contributed by atoms with Gasteiger partial charge in [0.2, 0.25) is 5.88 Å². The quantitative estimate of drug-likeness (QED) is 0.750. The molecule has 7 nitrogen and oxygen atoms in total. The summed E-state index contributed by atoms with van der Waals surface area (Å²) in [5.74, 6) is 2.06. The van der Waals surface area contributed by atoms with Crippen molar-refractivity contribution in [3.8, 4) is 5.88 Å². The maximum atomic E-state index is 12.6. The van der Waals surface area contributed by atoms with Gasteiger partial charge in [-0.25, -0.2) is 4.98 Å². The van der Waals surface area contributed by atoms with Crippen molar-refractivity contribution in [2.75, 3.05) is 7.11 Å². The van der Waals surface area contributed by atoms with Gasteiger partial charge in [0.15, 0.2) is 0 Å². The number of amides is 1. The molecule has 1 aliphatic heterocycles. The lowest BCUT2D eigenvalue weighted by Gasteiger charge is -2.25. The molecule has 1 aromatic carbocycles. The average molecular weight is 363 g/mol. The van der Waals surface area contributed by atoms with Gasteiger partial charge < -0.3 is 14.6 Å². The van der Waals surface area contributed by atoms with Crippen LogP contribution in [0.5, 0.6) is 5.88 Å². The first-order valence-electron chi connectivity index (χ1n) is 8.99. The van der Waals surface area contributed by atoms with Crippen LogP contribution in [0.2, 0.25) is 0 Å². The second-order valence-electron chi connectivity index (χ2n) is 6.57. The average Bonchev–Trinajstić information content (AvgIpc) is 3.11. The minimum absolute atomic E-state index is 0.0143. The van der Waals surface area contributed by atoms with Crippen LogP contribution < -0.4 is 10.1 Å². The van der Waals surface area contributed by atoms with Crippen molar-refractivity contribution in [2.24, 2.45) is 0 Å². The number of methoxy groups -OCH3 is 1. The van der Waals surface area contributed by atoms with Crippen LogP contribution >= 0.6 is 0 Å². The minimum Gasteiger partial charge on any atom is -0.480 e. The van der Waals surface area contributed by atoms with Crippen molar-refractivity contribution >= 4 is 5.91 Å². The maximum absolute atomic E-state index is 12.6. The fourth-order valence-electron chi connectivity index (χ4n) is 3.40. The van der Waals surface area contributed by atoms with Crippen LogP contribution in [0.1, 0.15) is 34.0 Å². The number of rotatable bonds is 5. The molecule has 27 heavy (non-hydrogen) atoms. The molecule has 0 saturated heterocycles. The number of carbonyl (C=O) groups is 1. The largest absolute Gasteiger partial charge is 0.480 e. The number of fused-ring (bicyclic) bond motifs is 1. The summed E-state index contributed by atoms with van der Waals surface area (Å²) in [5.41, 5.74) is 1.64. The Morgan fingerprint density at radius 2 is 2.07 bits per heavy atom. The summed E-state index contributed by atoms with van der Waals surface area (Å²) in [6, 6.07) is 13.7. The van der Waals surface area contributed by atoms with Gasteiger partial charge >= 0.3 is 0 Å². The number of pyridine rings is 1. The lowest BCUT2D eigenvalue weighted by atomic mass is 10.1. The number of carbonyl (C=O) groups excluding carboxylic acids is 1. The van der Waals surface area contributed by atoms with Gasteiger partial charge in [-0.3, -0.25) is 4.79 Å². The molecule has 0 saturated carbocycles. The van der Waals surface area contributed by atoms with E-state index in [1.807, 2.05) is 18.2 Å². The van der Waals surface area contributed by atoms with Crippen molar-refractivity contribution in [2.45, 2.75) is 31.8 Å². The van der Waals surface area contributed by atoms with E-state index in [1.165, 1.54) is 12.7 Å². The number of nitrogens with one attached hydrogen (secondary N) is 1. The predicted octanol–water partition coefficient (Wildman–Crippen LogP) is 2.02. The van der Waals surface area contributed by atoms with Gasteiger partial charge in [-0.05, 0) is 24.1 Å². The van der Waals surface area contributed by atoms with E-state index in [4.69, 9.17) is 4.74 Å². The first-order chi connectivity index (χ1) is 13.2. The second-order valence-corrected chi connectivity index (χ2v) is 6.57. The van der Waals surface area contributed by atoms with Crippen molar-refractivity contribution < 1.29 is 9.53 Å². The second kappa shape index (κ2) is 7.57. The highest BCUT2D eigenvalue weighted by Gasteiger charge is 2.25. The molecule has 138 valence electrons. The Morgan fingerprint density at radius 3 is 2.89 bits per heavy atom. The van der Waals surface area contributed by atoms with Crippen molar-refractivity contribution in [3.05, 3.63) is 71.4 Å². The molecule has 1 aliphatic rings. The van der Waals surface area contributed by atoms with Gasteiger partial charge in [-0.15, -0.1) is 10.2 Å². The molecular weight excluding hydrogens is 342 g/mol. The molecule has 7 heteroatoms. The van der Waals surface area contributed by atoms with E-state index in [1.54, 1.807) is 18.3 Å². The van der Waals surface area contributed by atoms with E-state index in [0.717, 1.165) is 30.9 Å². The monoisotopic (exact) mass is 363 g/mol. The molecule has 0 radical (unpaired) electrons. The standard InChI is InChI=1S/C20H21N5O2/c1-27-20-16(8-5-11-21-20)19(26)22-15-9-10-17-23-24-18(25(17)13-15)12-14-6-3-2-4-7-14/h2-8,11,15H,9-10,12-13H2,1H3,(H,22,26)/t15-/m0/s1. The Hall–Kier alpha value is -3.22. The number of hydrogen-bond donors (Lipinski definition) is 1. The number of hydrogen-bond acceptors (Lipinski definition) is 5. The number of aryl methyl sites for hydroxylation is 1. The van der Waals surface area contributed by atoms with Crippen molar-refractivity contribution in [1.29, 1.82) is 0 Å². The zero-order valence-electron chi connectivity index (χ0n) is 15.1. The zero-order valence-corrected chi connectivity index (χ0v) is 15.1. The molecule has 0 spiro atoms. The van der Waals surface area contributed by atoms with Gasteiger partial charge in [0.1, 0.15) is 17.2 Å². The zero-order chi connectivity index (χ0) is 18.6. The third kappa shape index (κ3) is 3.67. The summed E-state index contributed by atoms with van der Waals surface area (Å²) in [6.07, 6.45) is 3.95. The molecule has 0 unspecified atom stereocenters. The minimum atomic E-state index is -0.175. The van der Waals surface area contributed by atoms with Gasteiger partial charge in [0.25, 0.3) is 5.91 Å². The van der Waals surface area contributed by atoms with Crippen LogP contribution in [0.25, 0.3) is 0 Å². The van der Waals surface area contributed by atoms with E-state index in [2.05, 4.69) is 37.2 Å². The molecule has 0 bridgehead atoms. The van der Waals surface area contributed by atoms with E-state index in [9.17, 15) is 4.79 Å². The van der Waals surface area contributed by atoms with Gasteiger partial charge in [-0.2, -0.15) is 0 Å². The van der Waals surface area contributed by atoms with Crippen LogP contribution in [0.4, 0.5) is 0 Å². The third-order valence-electron chi connectivity index (χ3n) is 4.77. The smallest absolute Gasteiger partial charge is 0.257 e. The molecule has 0 aliphatic carbocycles. The lowest BCUT2D eigenvalue weighted by molar-refractivity contribution is 0.0923. The van der Waals surface area contributed by atoms with Crippen LogP contribution in [-0.2, 0) is 19.4 Å². The van der Waals surface area contributed by atoms with Crippen LogP contribution in [0, 0.1) is 0 Å². The molecule has 3 aromatic rings. The summed E-state index contributed by atoms with van der Waals surface area (Å²) in [5, 5.41) is 11.8. The topological polar surface area (TPSA) is 81.9 Å². The molecule has 4 rings (SSSR count). The first-order valence-corrected chi connectivity index (χ1v) is 8.99. The Balaban J connectivity index is 1.48. The Labute approximate surface area is 157 Å². The normalized spacial score (nSPS) is 15.8. The summed E-state index contributed by atoms with van der Waals surface area (Å²) in [7, 11) is 1.51. The first kappa shape index (κ1) is 17.2. The van der Waals surface area contributed by atoms with Crippen LogP contribution in [0.15, 0.2) is 48.7 Å². The Morgan fingerprint density at radius 1 is 1.22 bits per heavy atom. The highest BCUT2D eigenvalue weighted by Crippen LogP contribution is 2.19. The summed E-state index contributed by atoms with van der Waals surface area (Å²) < 4.78 is 7.31. The van der Waals surface area contributed by atoms with Crippen LogP contribution in [-0.4, -0.2) is 38.8 Å². The van der Waals surface area contributed by atoms with Gasteiger partial charge in [0, 0.05) is 31.6 Å². The SMILES string of the molecule is COc1ncccc1C(=O)N[C@H]1CCc2nnc(Cc3ccccc3)n2C1. The molecule has 0 fully saturated rings. The number of nitrogens with zero attached hydrogens (tertiary/aromatic N) is 4. The van der Waals surface area contributed by atoms with E-state index in [0.29, 0.717) is 18.0 Å². The number of aromatic nitrogens is 4. The fraction of sp³-hybridized carbons (Fsp3) is 0.300. The van der Waals surface area contributed by atoms with E-state index >= 15 is 0 Å². The van der Waals surface area contributed by atoms with E-state index in [-0.39, 0.29) is 11.9 Å².